The molecule has 1 aromatic rings. The molecule has 0 heterocycles. The summed E-state index contributed by atoms with van der Waals surface area (Å²) in [6, 6.07) is 9.88. The third-order valence-corrected chi connectivity index (χ3v) is 5.67. The molecule has 0 saturated heterocycles. The number of carbonyl (C=O) groups is 1. The molecule has 1 fully saturated rings. The average Bonchev–Trinajstić information content (AvgIpc) is 2.66. The summed E-state index contributed by atoms with van der Waals surface area (Å²) in [4.78, 5) is 12.4. The Morgan fingerprint density at radius 2 is 1.83 bits per heavy atom. The molecule has 1 aliphatic rings. The second-order valence-corrected chi connectivity index (χ2v) is 9.55. The smallest absolute Gasteiger partial charge is 0.407 e. The van der Waals surface area contributed by atoms with E-state index in [0.29, 0.717) is 13.0 Å². The molecule has 0 bridgehead atoms. The van der Waals surface area contributed by atoms with Gasteiger partial charge in [0.05, 0.1) is 0 Å². The Labute approximate surface area is 176 Å². The van der Waals surface area contributed by atoms with Gasteiger partial charge in [0.15, 0.2) is 0 Å². The molecule has 164 valence electrons. The topological polar surface area (TPSA) is 70.6 Å². The van der Waals surface area contributed by atoms with Gasteiger partial charge >= 0.3 is 6.09 Å². The summed E-state index contributed by atoms with van der Waals surface area (Å²) in [5.74, 6) is 0. The second-order valence-electron chi connectivity index (χ2n) is 9.55. The van der Waals surface area contributed by atoms with E-state index in [2.05, 4.69) is 17.6 Å². The highest BCUT2D eigenvalue weighted by atomic mass is 16.6. The van der Waals surface area contributed by atoms with Crippen LogP contribution in [0.15, 0.2) is 30.3 Å². The van der Waals surface area contributed by atoms with Gasteiger partial charge in [0, 0.05) is 24.0 Å². The molecule has 1 aromatic carbocycles. The number of hydrogen-bond donors (Lipinski definition) is 3. The van der Waals surface area contributed by atoms with Crippen LogP contribution in [0.25, 0.3) is 0 Å². The van der Waals surface area contributed by atoms with Crippen LogP contribution < -0.4 is 10.6 Å². The van der Waals surface area contributed by atoms with Crippen molar-refractivity contribution in [3.63, 3.8) is 0 Å². The molecule has 1 aliphatic carbocycles. The normalized spacial score (nSPS) is 18.7. The van der Waals surface area contributed by atoms with E-state index < -0.39 is 18.3 Å². The number of carbonyl (C=O) groups excluding carboxylic acids is 1. The largest absolute Gasteiger partial charge is 0.443 e. The van der Waals surface area contributed by atoms with E-state index in [9.17, 15) is 9.90 Å². The zero-order valence-corrected chi connectivity index (χ0v) is 18.7. The molecule has 2 rings (SSSR count). The highest BCUT2D eigenvalue weighted by Gasteiger charge is 2.33. The lowest BCUT2D eigenvalue weighted by Crippen LogP contribution is -2.52. The Hall–Kier alpha value is -1.59. The average molecular weight is 405 g/mol. The van der Waals surface area contributed by atoms with Crippen molar-refractivity contribution < 1.29 is 14.6 Å². The van der Waals surface area contributed by atoms with Crippen LogP contribution in [0.1, 0.15) is 78.2 Å². The minimum absolute atomic E-state index is 0.110. The van der Waals surface area contributed by atoms with E-state index in [0.717, 1.165) is 31.2 Å². The maximum atomic E-state index is 12.4. The second kappa shape index (κ2) is 11.0. The molecule has 1 amide bonds. The zero-order valence-electron chi connectivity index (χ0n) is 18.7. The number of amides is 1. The van der Waals surface area contributed by atoms with E-state index >= 15 is 0 Å². The SMILES string of the molecule is CCCC1(NC[C@@H](O)[C@H](Cc2ccccc2)OC(=O)NC(C)(C)C)CCCCC1. The number of aliphatic hydroxyl groups is 1. The third kappa shape index (κ3) is 8.35. The summed E-state index contributed by atoms with van der Waals surface area (Å²) < 4.78 is 5.68. The molecule has 29 heavy (non-hydrogen) atoms. The zero-order chi connectivity index (χ0) is 21.3. The summed E-state index contributed by atoms with van der Waals surface area (Å²) in [6.07, 6.45) is 6.96. The van der Waals surface area contributed by atoms with Gasteiger partial charge in [-0.25, -0.2) is 4.79 Å². The lowest BCUT2D eigenvalue weighted by Gasteiger charge is -2.39. The Kier molecular flexibility index (Phi) is 8.97. The number of benzene rings is 1. The van der Waals surface area contributed by atoms with Gasteiger partial charge in [-0.05, 0) is 45.6 Å². The first-order chi connectivity index (χ1) is 13.7. The molecule has 5 nitrogen and oxygen atoms in total. The van der Waals surface area contributed by atoms with Crippen LogP contribution in [0, 0.1) is 0 Å². The summed E-state index contributed by atoms with van der Waals surface area (Å²) >= 11 is 0. The van der Waals surface area contributed by atoms with Crippen molar-refractivity contribution in [1.82, 2.24) is 10.6 Å². The van der Waals surface area contributed by atoms with Gasteiger partial charge < -0.3 is 20.5 Å². The van der Waals surface area contributed by atoms with Crippen molar-refractivity contribution in [3.8, 4) is 0 Å². The van der Waals surface area contributed by atoms with Crippen molar-refractivity contribution in [2.45, 2.75) is 102 Å². The first-order valence-electron chi connectivity index (χ1n) is 11.2. The van der Waals surface area contributed by atoms with Gasteiger partial charge in [-0.1, -0.05) is 62.9 Å². The predicted octanol–water partition coefficient (Wildman–Crippen LogP) is 4.58. The third-order valence-electron chi connectivity index (χ3n) is 5.67. The van der Waals surface area contributed by atoms with Crippen LogP contribution in [0.5, 0.6) is 0 Å². The summed E-state index contributed by atoms with van der Waals surface area (Å²) in [6.45, 7) is 8.38. The maximum absolute atomic E-state index is 12.4. The first-order valence-corrected chi connectivity index (χ1v) is 11.2. The summed E-state index contributed by atoms with van der Waals surface area (Å²) in [5.41, 5.74) is 0.769. The lowest BCUT2D eigenvalue weighted by atomic mass is 9.78. The Morgan fingerprint density at radius 1 is 1.17 bits per heavy atom. The highest BCUT2D eigenvalue weighted by Crippen LogP contribution is 2.32. The number of ether oxygens (including phenoxy) is 1. The van der Waals surface area contributed by atoms with Crippen molar-refractivity contribution in [1.29, 1.82) is 0 Å². The molecule has 0 aliphatic heterocycles. The number of nitrogens with one attached hydrogen (secondary N) is 2. The molecule has 0 spiro atoms. The summed E-state index contributed by atoms with van der Waals surface area (Å²) in [7, 11) is 0. The van der Waals surface area contributed by atoms with Crippen LogP contribution in [0.2, 0.25) is 0 Å². The molecule has 2 atom stereocenters. The Balaban J connectivity index is 2.04. The Morgan fingerprint density at radius 3 is 2.41 bits per heavy atom. The maximum Gasteiger partial charge on any atom is 0.407 e. The standard InChI is InChI=1S/C24H40N2O3/c1-5-14-24(15-10-7-11-16-24)25-18-20(27)21(17-19-12-8-6-9-13-19)29-22(28)26-23(2,3)4/h6,8-9,12-13,20-21,25,27H,5,7,10-11,14-18H2,1-4H3,(H,26,28)/t20-,21+/m1/s1. The monoisotopic (exact) mass is 404 g/mol. The molecule has 0 aromatic heterocycles. The van der Waals surface area contributed by atoms with Gasteiger partial charge in [0.1, 0.15) is 12.2 Å². The quantitative estimate of drug-likeness (QED) is 0.564. The first kappa shape index (κ1) is 23.7. The van der Waals surface area contributed by atoms with Crippen molar-refractivity contribution in [2.75, 3.05) is 6.54 Å². The fraction of sp³-hybridized carbons (Fsp3) is 0.708. The Bertz CT molecular complexity index is 601. The van der Waals surface area contributed by atoms with Crippen LogP contribution in [0.3, 0.4) is 0 Å². The van der Waals surface area contributed by atoms with Gasteiger partial charge in [-0.15, -0.1) is 0 Å². The molecule has 5 heteroatoms. The van der Waals surface area contributed by atoms with Crippen LogP contribution in [0.4, 0.5) is 4.79 Å². The molecular weight excluding hydrogens is 364 g/mol. The number of aliphatic hydroxyl groups excluding tert-OH is 1. The van der Waals surface area contributed by atoms with Gasteiger partial charge in [-0.3, -0.25) is 0 Å². The molecule has 3 N–H and O–H groups in total. The minimum Gasteiger partial charge on any atom is -0.443 e. The fourth-order valence-electron chi connectivity index (χ4n) is 4.25. The summed E-state index contributed by atoms with van der Waals surface area (Å²) in [5, 5.41) is 17.5. The molecular formula is C24H40N2O3. The lowest BCUT2D eigenvalue weighted by molar-refractivity contribution is -0.00372. The van der Waals surface area contributed by atoms with E-state index in [1.165, 1.54) is 19.3 Å². The van der Waals surface area contributed by atoms with Crippen molar-refractivity contribution in [3.05, 3.63) is 35.9 Å². The number of β-amino-alcohol motifs (C(OH)–C–C–N with tert-alkyl or cyclic N) is 1. The highest BCUT2D eigenvalue weighted by molar-refractivity contribution is 5.68. The van der Waals surface area contributed by atoms with E-state index in [1.54, 1.807) is 0 Å². The van der Waals surface area contributed by atoms with E-state index in [-0.39, 0.29) is 11.1 Å². The van der Waals surface area contributed by atoms with Gasteiger partial charge in [0.25, 0.3) is 0 Å². The van der Waals surface area contributed by atoms with Gasteiger partial charge in [0.2, 0.25) is 0 Å². The van der Waals surface area contributed by atoms with Crippen LogP contribution in [-0.2, 0) is 11.2 Å². The fourth-order valence-corrected chi connectivity index (χ4v) is 4.25. The van der Waals surface area contributed by atoms with Crippen LogP contribution in [-0.4, -0.2) is 41.0 Å². The van der Waals surface area contributed by atoms with Crippen molar-refractivity contribution in [2.24, 2.45) is 0 Å². The number of rotatable bonds is 9. The number of alkyl carbamates (subject to hydrolysis) is 1. The van der Waals surface area contributed by atoms with E-state index in [1.807, 2.05) is 51.1 Å². The molecule has 1 saturated carbocycles. The number of hydrogen-bond acceptors (Lipinski definition) is 4. The van der Waals surface area contributed by atoms with Crippen molar-refractivity contribution >= 4 is 6.09 Å². The van der Waals surface area contributed by atoms with Gasteiger partial charge in [-0.2, -0.15) is 0 Å². The molecule has 0 radical (unpaired) electrons. The predicted molar refractivity (Wildman–Crippen MR) is 118 cm³/mol. The van der Waals surface area contributed by atoms with E-state index in [4.69, 9.17) is 4.74 Å². The minimum atomic E-state index is -0.767. The molecule has 0 unspecified atom stereocenters. The van der Waals surface area contributed by atoms with Crippen LogP contribution >= 0.6 is 0 Å².